The molecule has 0 saturated carbocycles. The van der Waals surface area contributed by atoms with Crippen LogP contribution in [0, 0.1) is 0 Å². The largest absolute Gasteiger partial charge is 0.489 e. The first-order valence-corrected chi connectivity index (χ1v) is 11.9. The minimum Gasteiger partial charge on any atom is -0.489 e. The average Bonchev–Trinajstić information content (AvgIpc) is 3.26. The van der Waals surface area contributed by atoms with E-state index in [1.54, 1.807) is 13.0 Å². The number of aryl methyl sites for hydroxylation is 1. The fraction of sp³-hybridized carbons (Fsp3) is 0.200. The molecular formula is C30H29NO4. The lowest BCUT2D eigenvalue weighted by Crippen LogP contribution is -2.06. The maximum atomic E-state index is 13.0. The van der Waals surface area contributed by atoms with Gasteiger partial charge >= 0.3 is 5.97 Å². The smallest absolute Gasteiger partial charge is 0.305 e. The van der Waals surface area contributed by atoms with Gasteiger partial charge in [-0.25, -0.2) is 0 Å². The zero-order chi connectivity index (χ0) is 24.5. The zero-order valence-electron chi connectivity index (χ0n) is 19.9. The molecule has 0 radical (unpaired) electrons. The first-order chi connectivity index (χ1) is 17.1. The molecule has 1 heterocycles. The summed E-state index contributed by atoms with van der Waals surface area (Å²) in [6.45, 7) is 3.34. The quantitative estimate of drug-likeness (QED) is 0.144. The molecule has 3 aromatic carbocycles. The van der Waals surface area contributed by atoms with Crippen LogP contribution in [0.2, 0.25) is 0 Å². The second kappa shape index (κ2) is 11.8. The molecular weight excluding hydrogens is 438 g/mol. The van der Waals surface area contributed by atoms with Gasteiger partial charge in [0.1, 0.15) is 12.4 Å². The monoisotopic (exact) mass is 467 g/mol. The summed E-state index contributed by atoms with van der Waals surface area (Å²) in [6.07, 6.45) is 6.30. The highest BCUT2D eigenvalue weighted by Crippen LogP contribution is 2.23. The molecule has 0 aliphatic heterocycles. The van der Waals surface area contributed by atoms with Crippen molar-refractivity contribution < 1.29 is 19.1 Å². The van der Waals surface area contributed by atoms with E-state index in [9.17, 15) is 9.59 Å². The van der Waals surface area contributed by atoms with Gasteiger partial charge in [0.25, 0.3) is 0 Å². The highest BCUT2D eigenvalue weighted by molar-refractivity contribution is 6.14. The zero-order valence-corrected chi connectivity index (χ0v) is 19.9. The summed E-state index contributed by atoms with van der Waals surface area (Å²) in [5.74, 6) is 0.526. The first-order valence-electron chi connectivity index (χ1n) is 11.9. The number of hydrogen-bond donors (Lipinski definition) is 0. The summed E-state index contributed by atoms with van der Waals surface area (Å²) in [4.78, 5) is 24.7. The van der Waals surface area contributed by atoms with E-state index < -0.39 is 0 Å². The highest BCUT2D eigenvalue weighted by Gasteiger charge is 2.13. The van der Waals surface area contributed by atoms with Gasteiger partial charge in [0.15, 0.2) is 5.78 Å². The van der Waals surface area contributed by atoms with E-state index in [-0.39, 0.29) is 11.8 Å². The molecule has 0 saturated heterocycles. The van der Waals surface area contributed by atoms with Gasteiger partial charge in [-0.2, -0.15) is 0 Å². The number of ketones is 1. The van der Waals surface area contributed by atoms with Crippen LogP contribution in [0.15, 0.2) is 91.1 Å². The van der Waals surface area contributed by atoms with E-state index >= 15 is 0 Å². The maximum absolute atomic E-state index is 13.0. The van der Waals surface area contributed by atoms with E-state index in [2.05, 4.69) is 0 Å². The molecule has 0 amide bonds. The van der Waals surface area contributed by atoms with Crippen molar-refractivity contribution in [1.82, 2.24) is 4.57 Å². The fourth-order valence-corrected chi connectivity index (χ4v) is 3.93. The third-order valence-corrected chi connectivity index (χ3v) is 5.69. The van der Waals surface area contributed by atoms with Crippen LogP contribution in [-0.2, 0) is 22.7 Å². The van der Waals surface area contributed by atoms with Crippen molar-refractivity contribution in [2.24, 2.45) is 0 Å². The normalized spacial score (nSPS) is 11.1. The number of carbonyl (C=O) groups excluding carboxylic acids is 2. The Balaban J connectivity index is 1.40. The minimum absolute atomic E-state index is 0.0604. The van der Waals surface area contributed by atoms with Gasteiger partial charge in [-0.3, -0.25) is 9.59 Å². The van der Waals surface area contributed by atoms with Crippen LogP contribution in [0.4, 0.5) is 0 Å². The number of fused-ring (bicyclic) bond motifs is 1. The predicted octanol–water partition coefficient (Wildman–Crippen LogP) is 6.46. The molecule has 5 heteroatoms. The van der Waals surface area contributed by atoms with Crippen molar-refractivity contribution in [3.05, 3.63) is 108 Å². The van der Waals surface area contributed by atoms with Crippen molar-refractivity contribution in [1.29, 1.82) is 0 Å². The Labute approximate surface area is 205 Å². The van der Waals surface area contributed by atoms with Gasteiger partial charge in [-0.05, 0) is 48.7 Å². The molecule has 0 atom stereocenters. The highest BCUT2D eigenvalue weighted by atomic mass is 16.5. The van der Waals surface area contributed by atoms with Crippen molar-refractivity contribution in [2.45, 2.75) is 32.9 Å². The van der Waals surface area contributed by atoms with Crippen LogP contribution in [0.1, 0.15) is 41.3 Å². The number of allylic oxidation sites excluding steroid dienone is 1. The Bertz CT molecular complexity index is 1300. The fourth-order valence-electron chi connectivity index (χ4n) is 3.93. The molecule has 1 aromatic heterocycles. The summed E-state index contributed by atoms with van der Waals surface area (Å²) >= 11 is 0. The maximum Gasteiger partial charge on any atom is 0.305 e. The molecule has 178 valence electrons. The lowest BCUT2D eigenvalue weighted by atomic mass is 10.1. The number of aromatic nitrogens is 1. The molecule has 0 spiro atoms. The summed E-state index contributed by atoms with van der Waals surface area (Å²) in [5.41, 5.74) is 3.66. The minimum atomic E-state index is -0.195. The van der Waals surface area contributed by atoms with Gasteiger partial charge in [0.2, 0.25) is 0 Å². The van der Waals surface area contributed by atoms with Crippen molar-refractivity contribution in [3.63, 3.8) is 0 Å². The SMILES string of the molecule is CCOC(=O)CCCn1cc(C(=O)C=Cc2ccc(OCc3ccccc3)cc2)c2ccccc21. The second-order valence-corrected chi connectivity index (χ2v) is 8.20. The summed E-state index contributed by atoms with van der Waals surface area (Å²) in [6, 6.07) is 25.5. The number of nitrogens with zero attached hydrogens (tertiary/aromatic N) is 1. The molecule has 0 aliphatic carbocycles. The number of rotatable bonds is 11. The Morgan fingerprint density at radius 2 is 1.66 bits per heavy atom. The van der Waals surface area contributed by atoms with Crippen molar-refractivity contribution >= 4 is 28.7 Å². The van der Waals surface area contributed by atoms with Gasteiger partial charge in [-0.15, -0.1) is 0 Å². The summed E-state index contributed by atoms with van der Waals surface area (Å²) in [5, 5.41) is 0.906. The molecule has 5 nitrogen and oxygen atoms in total. The van der Waals surface area contributed by atoms with Crippen LogP contribution >= 0.6 is 0 Å². The van der Waals surface area contributed by atoms with Gasteiger partial charge in [0.05, 0.1) is 6.61 Å². The van der Waals surface area contributed by atoms with Crippen LogP contribution < -0.4 is 4.74 Å². The van der Waals surface area contributed by atoms with Crippen LogP contribution in [0.25, 0.3) is 17.0 Å². The second-order valence-electron chi connectivity index (χ2n) is 8.20. The van der Waals surface area contributed by atoms with Crippen LogP contribution in [0.3, 0.4) is 0 Å². The van der Waals surface area contributed by atoms with Crippen LogP contribution in [0.5, 0.6) is 5.75 Å². The Morgan fingerprint density at radius 1 is 0.914 bits per heavy atom. The predicted molar refractivity (Wildman–Crippen MR) is 138 cm³/mol. The molecule has 0 aliphatic rings. The lowest BCUT2D eigenvalue weighted by molar-refractivity contribution is -0.143. The Hall–Kier alpha value is -4.12. The summed E-state index contributed by atoms with van der Waals surface area (Å²) in [7, 11) is 0. The van der Waals surface area contributed by atoms with E-state index in [0.29, 0.717) is 38.2 Å². The molecule has 4 aromatic rings. The lowest BCUT2D eigenvalue weighted by Gasteiger charge is -2.06. The van der Waals surface area contributed by atoms with Crippen molar-refractivity contribution in [2.75, 3.05) is 6.61 Å². The molecule has 0 unspecified atom stereocenters. The number of esters is 1. The standard InChI is InChI=1S/C30H29NO4/c1-2-34-30(33)13-8-20-31-21-27(26-11-6-7-12-28(26)31)29(32)19-16-23-14-17-25(18-15-23)35-22-24-9-4-3-5-10-24/h3-7,9-12,14-19,21H,2,8,13,20,22H2,1H3. The van der Waals surface area contributed by atoms with Crippen molar-refractivity contribution in [3.8, 4) is 5.75 Å². The third kappa shape index (κ3) is 6.48. The Morgan fingerprint density at radius 3 is 2.43 bits per heavy atom. The average molecular weight is 468 g/mol. The number of hydrogen-bond acceptors (Lipinski definition) is 4. The van der Waals surface area contributed by atoms with Gasteiger partial charge in [0, 0.05) is 35.6 Å². The molecule has 4 rings (SSSR count). The van der Waals surface area contributed by atoms with E-state index in [4.69, 9.17) is 9.47 Å². The van der Waals surface area contributed by atoms with E-state index in [1.165, 1.54) is 0 Å². The number of benzene rings is 3. The third-order valence-electron chi connectivity index (χ3n) is 5.69. The first kappa shape index (κ1) is 24.0. The van der Waals surface area contributed by atoms with Crippen LogP contribution in [-0.4, -0.2) is 22.9 Å². The van der Waals surface area contributed by atoms with Gasteiger partial charge < -0.3 is 14.0 Å². The van der Waals surface area contributed by atoms with E-state index in [1.807, 2.05) is 95.7 Å². The number of carbonyl (C=O) groups is 2. The Kier molecular flexibility index (Phi) is 8.12. The van der Waals surface area contributed by atoms with Gasteiger partial charge in [-0.1, -0.05) is 66.7 Å². The molecule has 35 heavy (non-hydrogen) atoms. The molecule has 0 N–H and O–H groups in total. The summed E-state index contributed by atoms with van der Waals surface area (Å²) < 4.78 is 12.9. The topological polar surface area (TPSA) is 57.5 Å². The van der Waals surface area contributed by atoms with E-state index in [0.717, 1.165) is 27.8 Å². The molecule has 0 fully saturated rings. The molecule has 0 bridgehead atoms. The number of para-hydroxylation sites is 1. The number of ether oxygens (including phenoxy) is 2.